The third kappa shape index (κ3) is 22.5. The fourth-order valence-corrected chi connectivity index (χ4v) is 18.9. The number of aromatic nitrogens is 3. The molecule has 8 heterocycles. The van der Waals surface area contributed by atoms with Gasteiger partial charge in [0.15, 0.2) is 0 Å². The molecule has 5 aliphatic rings. The number of benzene rings is 12. The number of pyridine rings is 3. The molecule has 128 heavy (non-hydrogen) atoms. The Bertz CT molecular complexity index is 5920. The van der Waals surface area contributed by atoms with Crippen molar-refractivity contribution < 1.29 is 37.8 Å². The Kier molecular flexibility index (Phi) is 29.1. The average Bonchev–Trinajstić information content (AvgIpc) is 0.791. The summed E-state index contributed by atoms with van der Waals surface area (Å²) in [6.07, 6.45) is 20.0. The van der Waals surface area contributed by atoms with Crippen molar-refractivity contribution in [3.05, 3.63) is 452 Å². The van der Waals surface area contributed by atoms with Crippen molar-refractivity contribution in [2.24, 2.45) is 0 Å². The van der Waals surface area contributed by atoms with E-state index < -0.39 is 7.12 Å². The van der Waals surface area contributed by atoms with Gasteiger partial charge in [-0.3, -0.25) is 15.0 Å². The smallest absolute Gasteiger partial charge is 0.488 e. The van der Waals surface area contributed by atoms with E-state index >= 15 is 0 Å². The number of aryl methyl sites for hydroxylation is 2. The van der Waals surface area contributed by atoms with Crippen molar-refractivity contribution in [2.45, 2.75) is 108 Å². The van der Waals surface area contributed by atoms with Gasteiger partial charge in [0, 0.05) is 90.6 Å². The lowest BCUT2D eigenvalue weighted by molar-refractivity contribution is 0.425. The molecule has 3 aromatic heterocycles. The van der Waals surface area contributed by atoms with Crippen LogP contribution in [0.5, 0.6) is 11.5 Å². The number of halogens is 5. The number of phenols is 2. The van der Waals surface area contributed by atoms with Crippen LogP contribution >= 0.6 is 15.9 Å². The van der Waals surface area contributed by atoms with Gasteiger partial charge in [-0.25, -0.2) is 17.6 Å². The molecule has 4 atom stereocenters. The summed E-state index contributed by atoms with van der Waals surface area (Å²) < 4.78 is 55.1. The van der Waals surface area contributed by atoms with Gasteiger partial charge in [0.2, 0.25) is 0 Å². The maximum absolute atomic E-state index is 13.5. The molecule has 0 aliphatic carbocycles. The summed E-state index contributed by atoms with van der Waals surface area (Å²) in [5.41, 5.74) is 29.0. The summed E-state index contributed by atoms with van der Waals surface area (Å²) in [6.45, 7) is 10.1. The van der Waals surface area contributed by atoms with Gasteiger partial charge >= 0.3 is 7.12 Å². The van der Waals surface area contributed by atoms with Gasteiger partial charge in [-0.1, -0.05) is 161 Å². The highest BCUT2D eigenvalue weighted by atomic mass is 79.9. The van der Waals surface area contributed by atoms with Crippen LogP contribution < -0.4 is 30.4 Å². The topological polar surface area (TPSA) is 145 Å². The van der Waals surface area contributed by atoms with E-state index in [1.165, 1.54) is 144 Å². The van der Waals surface area contributed by atoms with Crippen molar-refractivity contribution in [1.29, 1.82) is 0 Å². The molecule has 0 radical (unpaired) electrons. The predicted octanol–water partition coefficient (Wildman–Crippen LogP) is 22.8. The fraction of sp³-hybridized carbons (Fsp3) is 0.209. The van der Waals surface area contributed by atoms with Crippen LogP contribution in [0.1, 0.15) is 126 Å². The summed E-state index contributed by atoms with van der Waals surface area (Å²) in [6, 6.07) is 99.3. The highest BCUT2D eigenvalue weighted by Gasteiger charge is 2.34. The molecule has 0 amide bonds. The van der Waals surface area contributed by atoms with Crippen LogP contribution in [0, 0.1) is 37.1 Å². The number of anilines is 4. The molecular weight excluding hydrogens is 1660 g/mol. The Morgan fingerprint density at radius 2 is 0.617 bits per heavy atom. The van der Waals surface area contributed by atoms with Crippen LogP contribution in [0.25, 0.3) is 22.3 Å². The standard InChI is InChI=1S/C28H25FN2.C27H29FN2O.C27H23FN2O.C23H21BrFN.C5H6BNO2/c1-20-2-11-27-24(18-20)14-17-31(26-9-7-25(29)8-10-26)28(27)19-21-3-5-22(6-4-21)23-12-15-30-16-13-23;2*28-23-5-7-24(8-6-23)30-16-13-22-18-25(31)9-10-26(22)27(30)17-19-1-3-20(4-2-19)21-11-14-29-15-12-21;1-16-2-11-22-18(14-16)12-13-26(21-9-7-20(25)8-10-21)23(22)15-17-3-5-19(24)6-4-17;8-6(9)5-1-3-7-4-2-5/h2-13,15-16,18,28H,14,17,19H2,1H3;1-10,18,21,27,29,31H,11-17H2;1-12,14-15,18,27,31H,13,16-17H2;2-11,14,23H,12-13,15H2,1H3;1-4,8-9H. The second kappa shape index (κ2) is 42.1. The molecule has 0 saturated carbocycles. The molecule has 12 aromatic carbocycles. The van der Waals surface area contributed by atoms with E-state index in [-0.39, 0.29) is 47.4 Å². The second-order valence-electron chi connectivity index (χ2n) is 33.6. The van der Waals surface area contributed by atoms with E-state index in [4.69, 9.17) is 10.0 Å². The molecular formula is C110H104BBrF4N8O4. The number of phenolic OH excluding ortho intramolecular Hbond substituents is 2. The molecule has 18 heteroatoms. The number of nitrogens with zero attached hydrogens (tertiary/aromatic N) is 7. The zero-order valence-electron chi connectivity index (χ0n) is 71.9. The van der Waals surface area contributed by atoms with E-state index in [2.05, 4.69) is 209 Å². The number of aromatic hydroxyl groups is 2. The van der Waals surface area contributed by atoms with E-state index in [9.17, 15) is 27.8 Å². The summed E-state index contributed by atoms with van der Waals surface area (Å²) in [5.74, 6) is 0.453. The fourth-order valence-electron chi connectivity index (χ4n) is 18.6. The molecule has 1 saturated heterocycles. The minimum Gasteiger partial charge on any atom is -0.508 e. The van der Waals surface area contributed by atoms with E-state index in [1.54, 1.807) is 60.9 Å². The molecule has 5 N–H and O–H groups in total. The van der Waals surface area contributed by atoms with Gasteiger partial charge in [-0.05, 0) is 367 Å². The van der Waals surface area contributed by atoms with Crippen LogP contribution in [0.4, 0.5) is 40.3 Å². The highest BCUT2D eigenvalue weighted by molar-refractivity contribution is 9.10. The van der Waals surface area contributed by atoms with E-state index in [0.29, 0.717) is 22.9 Å². The summed E-state index contributed by atoms with van der Waals surface area (Å²) in [7, 11) is -1.38. The number of nitrogens with one attached hydrogen (secondary N) is 1. The third-order valence-corrected chi connectivity index (χ3v) is 25.8. The van der Waals surface area contributed by atoms with Crippen molar-refractivity contribution in [2.75, 3.05) is 58.9 Å². The maximum atomic E-state index is 13.5. The van der Waals surface area contributed by atoms with Gasteiger partial charge in [0.1, 0.15) is 34.8 Å². The lowest BCUT2D eigenvalue weighted by Gasteiger charge is -2.39. The first kappa shape index (κ1) is 88.5. The number of fused-ring (bicyclic) bond motifs is 4. The normalized spacial score (nSPS) is 16.2. The number of piperidine rings is 1. The van der Waals surface area contributed by atoms with Gasteiger partial charge in [0.25, 0.3) is 0 Å². The van der Waals surface area contributed by atoms with Crippen molar-refractivity contribution in [3.63, 3.8) is 0 Å². The Morgan fingerprint density at radius 1 is 0.336 bits per heavy atom. The van der Waals surface area contributed by atoms with Crippen LogP contribution in [0.15, 0.2) is 345 Å². The van der Waals surface area contributed by atoms with Crippen LogP contribution in [0.3, 0.4) is 0 Å². The summed E-state index contributed by atoms with van der Waals surface area (Å²) >= 11 is 3.51. The van der Waals surface area contributed by atoms with Crippen molar-refractivity contribution in [3.8, 4) is 33.8 Å². The molecule has 20 rings (SSSR count). The average molecular weight is 1770 g/mol. The van der Waals surface area contributed by atoms with Gasteiger partial charge in [-0.2, -0.15) is 0 Å². The van der Waals surface area contributed by atoms with E-state index in [1.807, 2.05) is 103 Å². The molecule has 1 fully saturated rings. The molecule has 15 aromatic rings. The van der Waals surface area contributed by atoms with Crippen molar-refractivity contribution >= 4 is 51.3 Å². The van der Waals surface area contributed by atoms with Crippen LogP contribution in [-0.4, -0.2) is 81.6 Å². The summed E-state index contributed by atoms with van der Waals surface area (Å²) in [5, 5.41) is 40.5. The molecule has 5 aliphatic heterocycles. The summed E-state index contributed by atoms with van der Waals surface area (Å²) in [4.78, 5) is 21.5. The van der Waals surface area contributed by atoms with Gasteiger partial charge < -0.3 is 45.2 Å². The monoisotopic (exact) mass is 1770 g/mol. The lowest BCUT2D eigenvalue weighted by Crippen LogP contribution is -2.36. The van der Waals surface area contributed by atoms with Crippen molar-refractivity contribution in [1.82, 2.24) is 20.3 Å². The molecule has 4 unspecified atom stereocenters. The third-order valence-electron chi connectivity index (χ3n) is 25.3. The minimum absolute atomic E-state index is 0.113. The lowest BCUT2D eigenvalue weighted by atomic mass is 9.81. The zero-order valence-corrected chi connectivity index (χ0v) is 73.5. The first-order chi connectivity index (χ1) is 62.4. The van der Waals surface area contributed by atoms with Crippen LogP contribution in [0.2, 0.25) is 0 Å². The SMILES string of the molecule is Cc1ccc2c(c1)CCN(c1ccc(F)cc1)C2Cc1ccc(-c2ccncc2)cc1.Cc1ccc2c(c1)CCN(c1ccc(F)cc1)C2Cc1ccc(Br)cc1.OB(O)c1ccncc1.Oc1ccc2c(c1)CCN(c1ccc(F)cc1)C2Cc1ccc(-c2ccncc2)cc1.Oc1ccc2c(c1)CCN(c1ccc(F)cc1)C2Cc1ccc(C2CCNCC2)cc1. The van der Waals surface area contributed by atoms with Gasteiger partial charge in [-0.15, -0.1) is 0 Å². The highest BCUT2D eigenvalue weighted by Crippen LogP contribution is 2.43. The molecule has 12 nitrogen and oxygen atoms in total. The first-order valence-electron chi connectivity index (χ1n) is 44.1. The predicted molar refractivity (Wildman–Crippen MR) is 513 cm³/mol. The number of hydrogen-bond acceptors (Lipinski definition) is 12. The zero-order chi connectivity index (χ0) is 88.4. The molecule has 0 spiro atoms. The largest absolute Gasteiger partial charge is 0.508 e. The number of rotatable bonds is 16. The maximum Gasteiger partial charge on any atom is 0.488 e. The van der Waals surface area contributed by atoms with E-state index in [0.717, 1.165) is 129 Å². The Balaban J connectivity index is 0.000000121. The Morgan fingerprint density at radius 3 is 0.930 bits per heavy atom. The quantitative estimate of drug-likeness (QED) is 0.0464. The Hall–Kier alpha value is -13.0. The first-order valence-corrected chi connectivity index (χ1v) is 44.9. The molecule has 0 bridgehead atoms. The number of hydrogen-bond donors (Lipinski definition) is 5. The van der Waals surface area contributed by atoms with Gasteiger partial charge in [0.05, 0.1) is 24.2 Å². The second-order valence-corrected chi connectivity index (χ2v) is 34.6. The Labute approximate surface area is 756 Å². The van der Waals surface area contributed by atoms with Crippen LogP contribution in [-0.2, 0) is 51.4 Å². The minimum atomic E-state index is -1.38. The molecule has 646 valence electrons.